The van der Waals surface area contributed by atoms with Crippen LogP contribution in [0.25, 0.3) is 0 Å². The highest BCUT2D eigenvalue weighted by Crippen LogP contribution is 2.58. The van der Waals surface area contributed by atoms with Crippen molar-refractivity contribution < 1.29 is 57.9 Å². The summed E-state index contributed by atoms with van der Waals surface area (Å²) in [6.45, 7) is 9.19. The monoisotopic (exact) mass is 614 g/mol. The van der Waals surface area contributed by atoms with Crippen LogP contribution in [0.1, 0.15) is 61.3 Å². The van der Waals surface area contributed by atoms with Gasteiger partial charge in [0.2, 0.25) is 0 Å². The van der Waals surface area contributed by atoms with E-state index >= 15 is 0 Å². The van der Waals surface area contributed by atoms with Crippen molar-refractivity contribution in [3.63, 3.8) is 0 Å². The summed E-state index contributed by atoms with van der Waals surface area (Å²) in [6.07, 6.45) is -2.94. The predicted octanol–water partition coefficient (Wildman–Crippen LogP) is 1.91. The molecular formula is C29H39ClO12. The SMILES string of the molecule is CCC(=O)OC1CC(OC(C)=O)C2(C)C(OC(C)=O)C=CC(CCl)=CC3OC(=O)C(C)C3(O)C(OC(C)=O)C2C1(C)O. The quantitative estimate of drug-likeness (QED) is 0.253. The molecular weight excluding hydrogens is 576 g/mol. The van der Waals surface area contributed by atoms with Gasteiger partial charge in [-0.3, -0.25) is 24.0 Å². The zero-order valence-corrected chi connectivity index (χ0v) is 25.5. The van der Waals surface area contributed by atoms with Crippen molar-refractivity contribution in [1.29, 1.82) is 0 Å². The fourth-order valence-corrected chi connectivity index (χ4v) is 6.72. The predicted molar refractivity (Wildman–Crippen MR) is 146 cm³/mol. The lowest BCUT2D eigenvalue weighted by molar-refractivity contribution is -0.286. The standard InChI is InChI=1S/C29H39ClO12/c1-8-23(34)41-21-12-20(39-16(4)32)27(6)19(38-15(3)31)10-9-18(13-30)11-22-29(37,14(2)26(35)42-22)25(40-17(5)33)24(27)28(21,7)36/h9-11,14,19-22,24-25,36-37H,8,12-13H2,1-7H3. The molecule has 10 unspecified atom stereocenters. The number of alkyl halides is 1. The molecule has 42 heavy (non-hydrogen) atoms. The lowest BCUT2D eigenvalue weighted by atomic mass is 9.51. The van der Waals surface area contributed by atoms with E-state index in [1.807, 2.05) is 0 Å². The largest absolute Gasteiger partial charge is 0.462 e. The molecule has 0 spiro atoms. The molecule has 2 fully saturated rings. The number of fused-ring (bicyclic) bond motifs is 2. The van der Waals surface area contributed by atoms with Crippen molar-refractivity contribution in [2.24, 2.45) is 17.3 Å². The van der Waals surface area contributed by atoms with Gasteiger partial charge in [-0.05, 0) is 31.6 Å². The van der Waals surface area contributed by atoms with Gasteiger partial charge in [-0.1, -0.05) is 19.9 Å². The molecule has 0 aromatic rings. The Kier molecular flexibility index (Phi) is 9.85. The molecule has 12 nitrogen and oxygen atoms in total. The summed E-state index contributed by atoms with van der Waals surface area (Å²) < 4.78 is 28.5. The third-order valence-corrected chi connectivity index (χ3v) is 8.96. The number of aliphatic hydroxyl groups is 2. The first kappa shape index (κ1) is 33.5. The molecule has 1 saturated heterocycles. The second-order valence-electron chi connectivity index (χ2n) is 11.5. The van der Waals surface area contributed by atoms with Crippen molar-refractivity contribution in [2.45, 2.75) is 103 Å². The maximum Gasteiger partial charge on any atom is 0.312 e. The summed E-state index contributed by atoms with van der Waals surface area (Å²) in [4.78, 5) is 63.0. The third kappa shape index (κ3) is 5.93. The average Bonchev–Trinajstić information content (AvgIpc) is 3.10. The Hall–Kier alpha value is -2.96. The minimum atomic E-state index is -2.32. The number of allylic oxidation sites excluding steroid dienone is 2. The molecule has 1 saturated carbocycles. The molecule has 2 aliphatic carbocycles. The van der Waals surface area contributed by atoms with Gasteiger partial charge in [-0.25, -0.2) is 0 Å². The number of carbonyl (C=O) groups excluding carboxylic acids is 5. The summed E-state index contributed by atoms with van der Waals surface area (Å²) in [5.41, 5.74) is -5.76. The summed E-state index contributed by atoms with van der Waals surface area (Å²) >= 11 is 6.19. The Morgan fingerprint density at radius 2 is 1.60 bits per heavy atom. The number of hydrogen-bond donors (Lipinski definition) is 2. The van der Waals surface area contributed by atoms with Crippen molar-refractivity contribution in [2.75, 3.05) is 5.88 Å². The maximum absolute atomic E-state index is 13.0. The minimum Gasteiger partial charge on any atom is -0.462 e. The number of esters is 5. The average molecular weight is 615 g/mol. The normalized spacial score (nSPS) is 39.5. The van der Waals surface area contributed by atoms with Crippen molar-refractivity contribution in [1.82, 2.24) is 0 Å². The summed E-state index contributed by atoms with van der Waals surface area (Å²) in [7, 11) is 0. The number of rotatable bonds is 6. The Labute approximate surface area is 249 Å². The van der Waals surface area contributed by atoms with E-state index in [9.17, 15) is 34.2 Å². The van der Waals surface area contributed by atoms with Gasteiger partial charge in [0.1, 0.15) is 30.0 Å². The summed E-state index contributed by atoms with van der Waals surface area (Å²) in [5, 5.41) is 24.8. The van der Waals surface area contributed by atoms with E-state index in [0.717, 1.165) is 20.8 Å². The van der Waals surface area contributed by atoms with Crippen LogP contribution in [0.5, 0.6) is 0 Å². The Morgan fingerprint density at radius 3 is 2.12 bits per heavy atom. The molecule has 234 valence electrons. The molecule has 3 aliphatic rings. The maximum atomic E-state index is 13.0. The van der Waals surface area contributed by atoms with Gasteiger partial charge < -0.3 is 33.9 Å². The molecule has 0 radical (unpaired) electrons. The second-order valence-corrected chi connectivity index (χ2v) is 11.8. The molecule has 0 aromatic heterocycles. The molecule has 1 aliphatic heterocycles. The highest BCUT2D eigenvalue weighted by Gasteiger charge is 2.72. The first-order chi connectivity index (χ1) is 19.4. The molecule has 0 amide bonds. The zero-order chi connectivity index (χ0) is 31.8. The summed E-state index contributed by atoms with van der Waals surface area (Å²) in [6, 6.07) is 0. The first-order valence-electron chi connectivity index (χ1n) is 13.8. The molecule has 13 heteroatoms. The van der Waals surface area contributed by atoms with Gasteiger partial charge in [0.25, 0.3) is 0 Å². The highest BCUT2D eigenvalue weighted by molar-refractivity contribution is 6.19. The highest BCUT2D eigenvalue weighted by atomic mass is 35.5. The first-order valence-corrected chi connectivity index (χ1v) is 14.3. The van der Waals surface area contributed by atoms with Crippen LogP contribution in [0.3, 0.4) is 0 Å². The molecule has 1 heterocycles. The topological polar surface area (TPSA) is 172 Å². The summed E-state index contributed by atoms with van der Waals surface area (Å²) in [5.74, 6) is -6.76. The van der Waals surface area contributed by atoms with E-state index in [4.69, 9.17) is 35.3 Å². The zero-order valence-electron chi connectivity index (χ0n) is 24.7. The van der Waals surface area contributed by atoms with Crippen LogP contribution in [-0.4, -0.2) is 87.7 Å². The molecule has 0 aromatic carbocycles. The van der Waals surface area contributed by atoms with E-state index in [1.165, 1.54) is 32.1 Å². The van der Waals surface area contributed by atoms with Gasteiger partial charge in [0, 0.05) is 45.4 Å². The molecule has 10 atom stereocenters. The number of halogens is 1. The fraction of sp³-hybridized carbons (Fsp3) is 0.690. The fourth-order valence-electron chi connectivity index (χ4n) is 6.54. The van der Waals surface area contributed by atoms with E-state index in [-0.39, 0.29) is 18.7 Å². The van der Waals surface area contributed by atoms with Crippen LogP contribution in [0.15, 0.2) is 23.8 Å². The van der Waals surface area contributed by atoms with Gasteiger partial charge in [-0.2, -0.15) is 0 Å². The van der Waals surface area contributed by atoms with E-state index in [1.54, 1.807) is 13.8 Å². The molecule has 0 bridgehead atoms. The lowest BCUT2D eigenvalue weighted by Gasteiger charge is -2.60. The van der Waals surface area contributed by atoms with Crippen LogP contribution in [0, 0.1) is 17.3 Å². The van der Waals surface area contributed by atoms with Crippen LogP contribution < -0.4 is 0 Å². The van der Waals surface area contributed by atoms with Gasteiger partial charge in [0.05, 0.1) is 11.3 Å². The van der Waals surface area contributed by atoms with Crippen LogP contribution in [0.4, 0.5) is 0 Å². The van der Waals surface area contributed by atoms with Crippen LogP contribution in [-0.2, 0) is 47.7 Å². The Balaban J connectivity index is 2.49. The Bertz CT molecular complexity index is 1180. The van der Waals surface area contributed by atoms with E-state index in [2.05, 4.69) is 0 Å². The number of carbonyl (C=O) groups is 5. The Morgan fingerprint density at radius 1 is 1.00 bits per heavy atom. The van der Waals surface area contributed by atoms with Crippen LogP contribution >= 0.6 is 11.6 Å². The second kappa shape index (κ2) is 12.3. The van der Waals surface area contributed by atoms with Gasteiger partial charge in [-0.15, -0.1) is 11.6 Å². The van der Waals surface area contributed by atoms with Crippen molar-refractivity contribution >= 4 is 41.4 Å². The van der Waals surface area contributed by atoms with Crippen molar-refractivity contribution in [3.05, 3.63) is 23.8 Å². The van der Waals surface area contributed by atoms with E-state index in [0.29, 0.717) is 5.57 Å². The number of ether oxygens (including phenoxy) is 5. The smallest absolute Gasteiger partial charge is 0.312 e. The molecule has 2 N–H and O–H groups in total. The lowest BCUT2D eigenvalue weighted by Crippen LogP contribution is -2.74. The van der Waals surface area contributed by atoms with E-state index < -0.39 is 88.8 Å². The number of hydrogen-bond acceptors (Lipinski definition) is 12. The van der Waals surface area contributed by atoms with Crippen molar-refractivity contribution in [3.8, 4) is 0 Å². The van der Waals surface area contributed by atoms with Gasteiger partial charge in [0.15, 0.2) is 11.7 Å². The van der Waals surface area contributed by atoms with Crippen LogP contribution in [0.2, 0.25) is 0 Å². The van der Waals surface area contributed by atoms with Gasteiger partial charge >= 0.3 is 29.8 Å². The minimum absolute atomic E-state index is 0.0453. The third-order valence-electron chi connectivity index (χ3n) is 8.65. The molecule has 3 rings (SSSR count).